The number of ether oxygens (including phenoxy) is 1. The first-order valence-electron chi connectivity index (χ1n) is 8.49. The molecule has 1 amide bonds. The molecule has 2 bridgehead atoms. The van der Waals surface area contributed by atoms with Crippen molar-refractivity contribution in [3.8, 4) is 0 Å². The van der Waals surface area contributed by atoms with E-state index < -0.39 is 0 Å². The molecule has 5 heterocycles. The summed E-state index contributed by atoms with van der Waals surface area (Å²) in [5.74, 6) is 1.21. The summed E-state index contributed by atoms with van der Waals surface area (Å²) in [5.41, 5.74) is -0.238. The van der Waals surface area contributed by atoms with Gasteiger partial charge in [-0.05, 0) is 38.8 Å². The summed E-state index contributed by atoms with van der Waals surface area (Å²) in [5, 5.41) is 0. The lowest BCUT2D eigenvalue weighted by Crippen LogP contribution is -2.63. The Bertz CT molecular complexity index is 408. The van der Waals surface area contributed by atoms with Gasteiger partial charge >= 0.3 is 0 Å². The second-order valence-corrected chi connectivity index (χ2v) is 7.59. The Morgan fingerprint density at radius 2 is 1.71 bits per heavy atom. The van der Waals surface area contributed by atoms with Gasteiger partial charge in [-0.15, -0.1) is 0 Å². The van der Waals surface area contributed by atoms with Crippen LogP contribution in [0, 0.1) is 11.3 Å². The molecule has 0 unspecified atom stereocenters. The molecule has 5 heteroatoms. The Morgan fingerprint density at radius 1 is 1.05 bits per heavy atom. The summed E-state index contributed by atoms with van der Waals surface area (Å²) < 4.78 is 5.24. The standard InChI is InChI=1S/C16H27N3O2/c1-16(11-21-12-16)15(20)19-8-6-18(7-9-19)14-10-17-4-2-13(14)3-5-17/h13-14H,2-12H2,1H3/t14-/m1/s1. The maximum atomic E-state index is 12.5. The summed E-state index contributed by atoms with van der Waals surface area (Å²) in [6.45, 7) is 11.0. The van der Waals surface area contributed by atoms with Crippen LogP contribution in [0.5, 0.6) is 0 Å². The van der Waals surface area contributed by atoms with Crippen LogP contribution in [0.4, 0.5) is 0 Å². The number of piperazine rings is 1. The fourth-order valence-corrected chi connectivity index (χ4v) is 4.52. The summed E-state index contributed by atoms with van der Waals surface area (Å²) >= 11 is 0. The predicted molar refractivity (Wildman–Crippen MR) is 80.0 cm³/mol. The molecule has 5 rings (SSSR count). The van der Waals surface area contributed by atoms with E-state index in [0.29, 0.717) is 19.1 Å². The quantitative estimate of drug-likeness (QED) is 0.732. The van der Waals surface area contributed by atoms with Crippen LogP contribution in [0.15, 0.2) is 0 Å². The van der Waals surface area contributed by atoms with Gasteiger partial charge in [-0.1, -0.05) is 0 Å². The Morgan fingerprint density at radius 3 is 2.19 bits per heavy atom. The topological polar surface area (TPSA) is 36.0 Å². The average Bonchev–Trinajstić information content (AvgIpc) is 2.53. The van der Waals surface area contributed by atoms with Gasteiger partial charge in [-0.3, -0.25) is 9.69 Å². The first kappa shape index (κ1) is 14.0. The van der Waals surface area contributed by atoms with Gasteiger partial charge in [0.25, 0.3) is 0 Å². The molecule has 0 saturated carbocycles. The molecule has 0 aromatic heterocycles. The van der Waals surface area contributed by atoms with Gasteiger partial charge < -0.3 is 14.5 Å². The number of amides is 1. The van der Waals surface area contributed by atoms with Crippen LogP contribution in [-0.4, -0.2) is 85.7 Å². The van der Waals surface area contributed by atoms with Crippen LogP contribution < -0.4 is 0 Å². The van der Waals surface area contributed by atoms with Crippen molar-refractivity contribution >= 4 is 5.91 Å². The highest BCUT2D eigenvalue weighted by Crippen LogP contribution is 2.33. The molecule has 5 fully saturated rings. The van der Waals surface area contributed by atoms with Crippen LogP contribution in [0.1, 0.15) is 19.8 Å². The van der Waals surface area contributed by atoms with Gasteiger partial charge in [0.2, 0.25) is 5.91 Å². The Hall–Kier alpha value is -0.650. The fourth-order valence-electron chi connectivity index (χ4n) is 4.52. The van der Waals surface area contributed by atoms with Crippen molar-refractivity contribution in [3.63, 3.8) is 0 Å². The zero-order chi connectivity index (χ0) is 14.4. The Balaban J connectivity index is 1.33. The van der Waals surface area contributed by atoms with Gasteiger partial charge in [0, 0.05) is 38.8 Å². The summed E-state index contributed by atoms with van der Waals surface area (Å²) in [6.07, 6.45) is 2.75. The van der Waals surface area contributed by atoms with Crippen molar-refractivity contribution in [3.05, 3.63) is 0 Å². The smallest absolute Gasteiger partial charge is 0.233 e. The summed E-state index contributed by atoms with van der Waals surface area (Å²) in [7, 11) is 0. The van der Waals surface area contributed by atoms with E-state index in [4.69, 9.17) is 4.74 Å². The van der Waals surface area contributed by atoms with Crippen LogP contribution in [-0.2, 0) is 9.53 Å². The van der Waals surface area contributed by atoms with Crippen molar-refractivity contribution in [2.75, 3.05) is 59.0 Å². The Labute approximate surface area is 127 Å². The van der Waals surface area contributed by atoms with Crippen LogP contribution >= 0.6 is 0 Å². The van der Waals surface area contributed by atoms with Crippen LogP contribution in [0.3, 0.4) is 0 Å². The monoisotopic (exact) mass is 293 g/mol. The van der Waals surface area contributed by atoms with Crippen molar-refractivity contribution in [1.29, 1.82) is 0 Å². The molecule has 0 spiro atoms. The number of hydrogen-bond donors (Lipinski definition) is 0. The molecule has 0 aromatic rings. The van der Waals surface area contributed by atoms with Crippen molar-refractivity contribution in [2.24, 2.45) is 11.3 Å². The number of nitrogens with zero attached hydrogens (tertiary/aromatic N) is 3. The SMILES string of the molecule is CC1(C(=O)N2CCN([C@@H]3CN4CCC3CC4)CC2)COC1. The average molecular weight is 293 g/mol. The third-order valence-corrected chi connectivity index (χ3v) is 6.05. The maximum Gasteiger partial charge on any atom is 0.233 e. The van der Waals surface area contributed by atoms with E-state index >= 15 is 0 Å². The highest BCUT2D eigenvalue weighted by Gasteiger charge is 2.45. The molecule has 21 heavy (non-hydrogen) atoms. The zero-order valence-corrected chi connectivity index (χ0v) is 13.1. The van der Waals surface area contributed by atoms with Gasteiger partial charge in [0.05, 0.1) is 18.6 Å². The number of carbonyl (C=O) groups is 1. The summed E-state index contributed by atoms with van der Waals surface area (Å²) in [4.78, 5) is 19.9. The third kappa shape index (κ3) is 2.39. The van der Waals surface area contributed by atoms with Crippen LogP contribution in [0.25, 0.3) is 0 Å². The predicted octanol–water partition coefficient (Wildman–Crippen LogP) is 0.261. The molecular weight excluding hydrogens is 266 g/mol. The van der Waals surface area contributed by atoms with E-state index in [-0.39, 0.29) is 5.41 Å². The molecule has 5 aliphatic rings. The lowest BCUT2D eigenvalue weighted by atomic mass is 9.82. The van der Waals surface area contributed by atoms with E-state index in [9.17, 15) is 4.79 Å². The number of fused-ring (bicyclic) bond motifs is 3. The number of rotatable bonds is 2. The highest BCUT2D eigenvalue weighted by atomic mass is 16.5. The number of hydrogen-bond acceptors (Lipinski definition) is 4. The minimum absolute atomic E-state index is 0.238. The van der Waals surface area contributed by atoms with Crippen molar-refractivity contribution < 1.29 is 9.53 Å². The van der Waals surface area contributed by atoms with Crippen molar-refractivity contribution in [1.82, 2.24) is 14.7 Å². The van der Waals surface area contributed by atoms with Crippen molar-refractivity contribution in [2.45, 2.75) is 25.8 Å². The van der Waals surface area contributed by atoms with E-state index in [1.165, 1.54) is 32.5 Å². The van der Waals surface area contributed by atoms with Gasteiger partial charge in [0.15, 0.2) is 0 Å². The maximum absolute atomic E-state index is 12.5. The Kier molecular flexibility index (Phi) is 3.47. The molecular formula is C16H27N3O2. The molecule has 1 atom stereocenters. The first-order chi connectivity index (χ1) is 10.2. The molecule has 5 saturated heterocycles. The molecule has 0 radical (unpaired) electrons. The lowest BCUT2D eigenvalue weighted by molar-refractivity contribution is -0.171. The van der Waals surface area contributed by atoms with Crippen LogP contribution in [0.2, 0.25) is 0 Å². The molecule has 5 aliphatic heterocycles. The van der Waals surface area contributed by atoms with E-state index in [0.717, 1.165) is 38.1 Å². The van der Waals surface area contributed by atoms with E-state index in [1.807, 2.05) is 6.92 Å². The highest BCUT2D eigenvalue weighted by molar-refractivity contribution is 5.83. The minimum atomic E-state index is -0.238. The minimum Gasteiger partial charge on any atom is -0.379 e. The molecule has 5 nitrogen and oxygen atoms in total. The van der Waals surface area contributed by atoms with Gasteiger partial charge in [0.1, 0.15) is 0 Å². The largest absolute Gasteiger partial charge is 0.379 e. The fraction of sp³-hybridized carbons (Fsp3) is 0.938. The molecule has 0 aliphatic carbocycles. The second kappa shape index (κ2) is 5.21. The lowest BCUT2D eigenvalue weighted by Gasteiger charge is -2.51. The number of piperidine rings is 3. The van der Waals surface area contributed by atoms with E-state index in [2.05, 4.69) is 14.7 Å². The zero-order valence-electron chi connectivity index (χ0n) is 13.1. The summed E-state index contributed by atoms with van der Waals surface area (Å²) in [6, 6.07) is 0.743. The van der Waals surface area contributed by atoms with Gasteiger partial charge in [-0.2, -0.15) is 0 Å². The third-order valence-electron chi connectivity index (χ3n) is 6.05. The molecule has 0 aromatic carbocycles. The van der Waals surface area contributed by atoms with Gasteiger partial charge in [-0.25, -0.2) is 0 Å². The molecule has 0 N–H and O–H groups in total. The second-order valence-electron chi connectivity index (χ2n) is 7.59. The number of carbonyl (C=O) groups excluding carboxylic acids is 1. The normalized spacial score (nSPS) is 39.1. The van der Waals surface area contributed by atoms with E-state index in [1.54, 1.807) is 0 Å². The first-order valence-corrected chi connectivity index (χ1v) is 8.49. The molecule has 118 valence electrons.